The molecule has 3 rings (SSSR count). The molecule has 0 unspecified atom stereocenters. The van der Waals surface area contributed by atoms with Crippen molar-refractivity contribution >= 4 is 27.5 Å². The van der Waals surface area contributed by atoms with Crippen LogP contribution >= 0.6 is 15.9 Å². The van der Waals surface area contributed by atoms with Gasteiger partial charge in [0.1, 0.15) is 12.4 Å². The van der Waals surface area contributed by atoms with Gasteiger partial charge >= 0.3 is 0 Å². The van der Waals surface area contributed by atoms with E-state index in [2.05, 4.69) is 21.2 Å². The maximum Gasteiger partial charge on any atom is 0.255 e. The van der Waals surface area contributed by atoms with Gasteiger partial charge in [-0.05, 0) is 54.4 Å². The summed E-state index contributed by atoms with van der Waals surface area (Å²) in [5, 5.41) is 2.91. The van der Waals surface area contributed by atoms with Crippen LogP contribution in [0.5, 0.6) is 5.75 Å². The molecule has 126 valence electrons. The third-order valence-electron chi connectivity index (χ3n) is 3.76. The number of carbonyl (C=O) groups excluding carboxylic acids is 1. The first kappa shape index (κ1) is 17.2. The van der Waals surface area contributed by atoms with Gasteiger partial charge in [0.05, 0.1) is 0 Å². The molecular formula is C21H18BrNO2. The topological polar surface area (TPSA) is 38.3 Å². The molecule has 0 aliphatic carbocycles. The zero-order chi connectivity index (χ0) is 17.6. The number of anilines is 1. The Labute approximate surface area is 155 Å². The van der Waals surface area contributed by atoms with Gasteiger partial charge in [-0.1, -0.05) is 52.3 Å². The summed E-state index contributed by atoms with van der Waals surface area (Å²) in [7, 11) is 0. The number of nitrogens with one attached hydrogen (secondary N) is 1. The fourth-order valence-electron chi connectivity index (χ4n) is 2.39. The summed E-state index contributed by atoms with van der Waals surface area (Å²) in [4.78, 5) is 12.5. The Kier molecular flexibility index (Phi) is 5.51. The number of hydrogen-bond donors (Lipinski definition) is 1. The number of benzene rings is 3. The number of aryl methyl sites for hydroxylation is 1. The summed E-state index contributed by atoms with van der Waals surface area (Å²) in [5.41, 5.74) is 3.48. The van der Waals surface area contributed by atoms with Gasteiger partial charge in [-0.3, -0.25) is 4.79 Å². The lowest BCUT2D eigenvalue weighted by Gasteiger charge is -2.10. The Hall–Kier alpha value is -2.59. The second-order valence-corrected chi connectivity index (χ2v) is 6.57. The molecule has 3 aromatic carbocycles. The molecule has 0 aliphatic rings. The predicted octanol–water partition coefficient (Wildman–Crippen LogP) is 5.59. The fourth-order valence-corrected chi connectivity index (χ4v) is 2.64. The highest BCUT2D eigenvalue weighted by Crippen LogP contribution is 2.21. The second kappa shape index (κ2) is 7.99. The fraction of sp³-hybridized carbons (Fsp3) is 0.0952. The summed E-state index contributed by atoms with van der Waals surface area (Å²) in [6.45, 7) is 2.45. The maximum atomic E-state index is 12.5. The quantitative estimate of drug-likeness (QED) is 0.611. The lowest BCUT2D eigenvalue weighted by molar-refractivity contribution is 0.102. The van der Waals surface area contributed by atoms with Crippen molar-refractivity contribution < 1.29 is 9.53 Å². The van der Waals surface area contributed by atoms with Crippen molar-refractivity contribution in [1.29, 1.82) is 0 Å². The van der Waals surface area contributed by atoms with Gasteiger partial charge in [-0.2, -0.15) is 0 Å². The van der Waals surface area contributed by atoms with Gasteiger partial charge in [-0.15, -0.1) is 0 Å². The van der Waals surface area contributed by atoms with Crippen LogP contribution in [0.15, 0.2) is 77.3 Å². The first-order valence-electron chi connectivity index (χ1n) is 7.96. The Morgan fingerprint density at radius 2 is 1.80 bits per heavy atom. The third-order valence-corrected chi connectivity index (χ3v) is 4.65. The van der Waals surface area contributed by atoms with Crippen molar-refractivity contribution in [2.24, 2.45) is 0 Å². The number of ether oxygens (including phenoxy) is 1. The van der Waals surface area contributed by atoms with Gasteiger partial charge in [0.2, 0.25) is 0 Å². The van der Waals surface area contributed by atoms with Crippen molar-refractivity contribution in [2.45, 2.75) is 13.5 Å². The molecule has 0 aromatic heterocycles. The van der Waals surface area contributed by atoms with Crippen molar-refractivity contribution in [3.05, 3.63) is 94.0 Å². The molecule has 0 saturated heterocycles. The van der Waals surface area contributed by atoms with E-state index in [4.69, 9.17) is 4.74 Å². The van der Waals surface area contributed by atoms with Gasteiger partial charge in [0.25, 0.3) is 5.91 Å². The zero-order valence-corrected chi connectivity index (χ0v) is 15.4. The van der Waals surface area contributed by atoms with E-state index in [0.29, 0.717) is 17.9 Å². The van der Waals surface area contributed by atoms with Gasteiger partial charge in [0.15, 0.2) is 0 Å². The van der Waals surface area contributed by atoms with Crippen LogP contribution in [0.4, 0.5) is 5.69 Å². The first-order chi connectivity index (χ1) is 12.1. The summed E-state index contributed by atoms with van der Waals surface area (Å²) < 4.78 is 6.80. The zero-order valence-electron chi connectivity index (χ0n) is 13.8. The number of halogens is 1. The number of hydrogen-bond acceptors (Lipinski definition) is 2. The molecule has 1 amide bonds. The molecule has 1 N–H and O–H groups in total. The van der Waals surface area contributed by atoms with E-state index in [1.54, 1.807) is 12.1 Å². The Morgan fingerprint density at radius 3 is 2.56 bits per heavy atom. The van der Waals surface area contributed by atoms with Gasteiger partial charge in [-0.25, -0.2) is 0 Å². The molecule has 4 heteroatoms. The lowest BCUT2D eigenvalue weighted by Crippen LogP contribution is -2.12. The van der Waals surface area contributed by atoms with Crippen LogP contribution < -0.4 is 10.1 Å². The normalized spacial score (nSPS) is 10.3. The maximum absolute atomic E-state index is 12.5. The third kappa shape index (κ3) is 4.70. The van der Waals surface area contributed by atoms with Crippen LogP contribution in [0.1, 0.15) is 21.5 Å². The number of rotatable bonds is 5. The predicted molar refractivity (Wildman–Crippen MR) is 104 cm³/mol. The van der Waals surface area contributed by atoms with Crippen LogP contribution in [0.3, 0.4) is 0 Å². The first-order valence-corrected chi connectivity index (χ1v) is 8.75. The monoisotopic (exact) mass is 395 g/mol. The summed E-state index contributed by atoms with van der Waals surface area (Å²) in [6.07, 6.45) is 0. The summed E-state index contributed by atoms with van der Waals surface area (Å²) >= 11 is 3.46. The Balaban J connectivity index is 1.67. The van der Waals surface area contributed by atoms with Crippen LogP contribution in [0.2, 0.25) is 0 Å². The van der Waals surface area contributed by atoms with E-state index in [1.165, 1.54) is 0 Å². The number of amides is 1. The molecule has 0 heterocycles. The molecule has 0 aliphatic heterocycles. The Bertz CT molecular complexity index is 878. The van der Waals surface area contributed by atoms with Crippen LogP contribution in [0.25, 0.3) is 0 Å². The molecule has 3 aromatic rings. The summed E-state index contributed by atoms with van der Waals surface area (Å²) in [5.74, 6) is 0.510. The van der Waals surface area contributed by atoms with E-state index in [-0.39, 0.29) is 5.91 Å². The molecular weight excluding hydrogens is 378 g/mol. The van der Waals surface area contributed by atoms with E-state index in [1.807, 2.05) is 67.6 Å². The highest BCUT2D eigenvalue weighted by atomic mass is 79.9. The largest absolute Gasteiger partial charge is 0.489 e. The van der Waals surface area contributed by atoms with Crippen molar-refractivity contribution in [3.8, 4) is 5.75 Å². The van der Waals surface area contributed by atoms with Crippen LogP contribution in [-0.2, 0) is 6.61 Å². The van der Waals surface area contributed by atoms with E-state index in [9.17, 15) is 4.79 Å². The molecule has 0 radical (unpaired) electrons. The van der Waals surface area contributed by atoms with E-state index >= 15 is 0 Å². The van der Waals surface area contributed by atoms with Crippen molar-refractivity contribution in [1.82, 2.24) is 0 Å². The summed E-state index contributed by atoms with van der Waals surface area (Å²) in [6, 6.07) is 22.8. The molecule has 3 nitrogen and oxygen atoms in total. The van der Waals surface area contributed by atoms with E-state index in [0.717, 1.165) is 21.3 Å². The molecule has 0 bridgehead atoms. The SMILES string of the molecule is Cc1cc(NC(=O)c2cccc(OCc3ccccc3)c2)ccc1Br. The molecule has 25 heavy (non-hydrogen) atoms. The van der Waals surface area contributed by atoms with Crippen molar-refractivity contribution in [2.75, 3.05) is 5.32 Å². The molecule has 0 saturated carbocycles. The molecule has 0 spiro atoms. The molecule has 0 atom stereocenters. The minimum absolute atomic E-state index is 0.160. The minimum atomic E-state index is -0.160. The number of carbonyl (C=O) groups is 1. The van der Waals surface area contributed by atoms with Gasteiger partial charge in [0, 0.05) is 15.7 Å². The smallest absolute Gasteiger partial charge is 0.255 e. The second-order valence-electron chi connectivity index (χ2n) is 5.72. The lowest BCUT2D eigenvalue weighted by atomic mass is 10.1. The van der Waals surface area contributed by atoms with Crippen molar-refractivity contribution in [3.63, 3.8) is 0 Å². The standard InChI is InChI=1S/C21H18BrNO2/c1-15-12-18(10-11-20(15)22)23-21(24)17-8-5-9-19(13-17)25-14-16-6-3-2-4-7-16/h2-13H,14H2,1H3,(H,23,24). The van der Waals surface area contributed by atoms with Crippen LogP contribution in [0, 0.1) is 6.92 Å². The highest BCUT2D eigenvalue weighted by molar-refractivity contribution is 9.10. The van der Waals surface area contributed by atoms with Crippen LogP contribution in [-0.4, -0.2) is 5.91 Å². The average Bonchev–Trinajstić information content (AvgIpc) is 2.64. The highest BCUT2D eigenvalue weighted by Gasteiger charge is 2.08. The van der Waals surface area contributed by atoms with E-state index < -0.39 is 0 Å². The minimum Gasteiger partial charge on any atom is -0.489 e. The Morgan fingerprint density at radius 1 is 1.00 bits per heavy atom. The van der Waals surface area contributed by atoms with Gasteiger partial charge < -0.3 is 10.1 Å². The molecule has 0 fully saturated rings. The average molecular weight is 396 g/mol.